The van der Waals surface area contributed by atoms with E-state index in [1.807, 2.05) is 27.0 Å². The number of nitrogens with one attached hydrogen (secondary N) is 2. The highest BCUT2D eigenvalue weighted by molar-refractivity contribution is 7.98. The summed E-state index contributed by atoms with van der Waals surface area (Å²) >= 11 is 1.69. The molecule has 0 rings (SSSR count). The zero-order chi connectivity index (χ0) is 13.5. The van der Waals surface area contributed by atoms with E-state index >= 15 is 0 Å². The van der Waals surface area contributed by atoms with Crippen LogP contribution in [0.2, 0.25) is 0 Å². The van der Waals surface area contributed by atoms with Crippen LogP contribution in [-0.2, 0) is 0 Å². The third kappa shape index (κ3) is 6.78. The largest absolute Gasteiger partial charge is 0.388 e. The highest BCUT2D eigenvalue weighted by atomic mass is 32.2. The summed E-state index contributed by atoms with van der Waals surface area (Å²) in [5.74, 6) is 1.04. The molecule has 102 valence electrons. The average molecular weight is 262 g/mol. The van der Waals surface area contributed by atoms with E-state index in [1.165, 1.54) is 0 Å². The zero-order valence-corrected chi connectivity index (χ0v) is 12.4. The Morgan fingerprint density at radius 2 is 2.06 bits per heavy atom. The zero-order valence-electron chi connectivity index (χ0n) is 11.5. The van der Waals surface area contributed by atoms with Crippen LogP contribution >= 0.6 is 11.8 Å². The van der Waals surface area contributed by atoms with Crippen molar-refractivity contribution in [3.05, 3.63) is 0 Å². The Morgan fingerprint density at radius 1 is 1.47 bits per heavy atom. The summed E-state index contributed by atoms with van der Waals surface area (Å²) in [6.45, 7) is 8.01. The third-order valence-corrected chi connectivity index (χ3v) is 3.91. The van der Waals surface area contributed by atoms with Gasteiger partial charge in [0.2, 0.25) is 0 Å². The van der Waals surface area contributed by atoms with E-state index < -0.39 is 5.60 Å². The Hall–Kier alpha value is -0.420. The lowest BCUT2D eigenvalue weighted by Gasteiger charge is -2.30. The van der Waals surface area contributed by atoms with E-state index in [-0.39, 0.29) is 24.5 Å². The number of hydrogen-bond donors (Lipinski definition) is 3. The van der Waals surface area contributed by atoms with Gasteiger partial charge in [-0.15, -0.1) is 0 Å². The van der Waals surface area contributed by atoms with Crippen LogP contribution in [0.3, 0.4) is 0 Å². The first-order valence-corrected chi connectivity index (χ1v) is 7.48. The van der Waals surface area contributed by atoms with Crippen molar-refractivity contribution < 1.29 is 9.90 Å². The summed E-state index contributed by atoms with van der Waals surface area (Å²) in [5, 5.41) is 15.7. The van der Waals surface area contributed by atoms with Gasteiger partial charge in [-0.2, -0.15) is 11.8 Å². The van der Waals surface area contributed by atoms with Gasteiger partial charge >= 0.3 is 6.03 Å². The van der Waals surface area contributed by atoms with Crippen LogP contribution < -0.4 is 10.6 Å². The maximum absolute atomic E-state index is 11.5. The van der Waals surface area contributed by atoms with Crippen LogP contribution in [0.15, 0.2) is 0 Å². The molecule has 0 aromatic rings. The quantitative estimate of drug-likeness (QED) is 0.656. The van der Waals surface area contributed by atoms with Crippen molar-refractivity contribution in [2.75, 3.05) is 18.6 Å². The standard InChI is InChI=1S/C12H26N2O2S/c1-6-9(2)12(4,16)8-13-11(15)14-10(3)7-17-5/h9-10,16H,6-8H2,1-5H3,(H2,13,14,15). The van der Waals surface area contributed by atoms with Gasteiger partial charge in [-0.3, -0.25) is 0 Å². The number of amides is 2. The van der Waals surface area contributed by atoms with E-state index in [0.717, 1.165) is 12.2 Å². The number of hydrogen-bond acceptors (Lipinski definition) is 3. The normalized spacial score (nSPS) is 18.0. The Morgan fingerprint density at radius 3 is 2.53 bits per heavy atom. The minimum atomic E-state index is -0.852. The predicted octanol–water partition coefficient (Wildman–Crippen LogP) is 1.83. The fraction of sp³-hybridized carbons (Fsp3) is 0.917. The molecule has 0 saturated carbocycles. The first kappa shape index (κ1) is 16.6. The first-order chi connectivity index (χ1) is 7.83. The SMILES string of the molecule is CCC(C)C(C)(O)CNC(=O)NC(C)CSC. The predicted molar refractivity (Wildman–Crippen MR) is 74.5 cm³/mol. The highest BCUT2D eigenvalue weighted by Gasteiger charge is 2.27. The van der Waals surface area contributed by atoms with Crippen molar-refractivity contribution >= 4 is 17.8 Å². The van der Waals surface area contributed by atoms with E-state index in [0.29, 0.717) is 0 Å². The summed E-state index contributed by atoms with van der Waals surface area (Å²) < 4.78 is 0. The van der Waals surface area contributed by atoms with Crippen molar-refractivity contribution in [3.8, 4) is 0 Å². The summed E-state index contributed by atoms with van der Waals surface area (Å²) in [6, 6.07) is -0.0753. The van der Waals surface area contributed by atoms with Gasteiger partial charge in [-0.1, -0.05) is 20.3 Å². The summed E-state index contributed by atoms with van der Waals surface area (Å²) in [4.78, 5) is 11.5. The molecular weight excluding hydrogens is 236 g/mol. The fourth-order valence-corrected chi connectivity index (χ4v) is 2.02. The van der Waals surface area contributed by atoms with Crippen LogP contribution in [-0.4, -0.2) is 41.3 Å². The molecule has 3 atom stereocenters. The lowest BCUT2D eigenvalue weighted by atomic mass is 9.89. The van der Waals surface area contributed by atoms with Crippen LogP contribution in [0.25, 0.3) is 0 Å². The number of aliphatic hydroxyl groups is 1. The second kappa shape index (κ2) is 7.82. The highest BCUT2D eigenvalue weighted by Crippen LogP contribution is 2.18. The Balaban J connectivity index is 3.98. The molecule has 0 aliphatic rings. The molecule has 0 spiro atoms. The van der Waals surface area contributed by atoms with Crippen LogP contribution in [0.4, 0.5) is 4.79 Å². The van der Waals surface area contributed by atoms with E-state index in [9.17, 15) is 9.90 Å². The summed E-state index contributed by atoms with van der Waals surface area (Å²) in [6.07, 6.45) is 2.89. The second-order valence-electron chi connectivity index (χ2n) is 4.85. The molecule has 5 heteroatoms. The Bertz CT molecular complexity index is 235. The number of rotatable bonds is 7. The van der Waals surface area contributed by atoms with Gasteiger partial charge in [0.05, 0.1) is 5.60 Å². The van der Waals surface area contributed by atoms with Gasteiger partial charge < -0.3 is 15.7 Å². The molecule has 0 bridgehead atoms. The molecule has 2 amide bonds. The molecule has 0 saturated heterocycles. The van der Waals surface area contributed by atoms with Crippen molar-refractivity contribution in [2.24, 2.45) is 5.92 Å². The number of urea groups is 1. The summed E-state index contributed by atoms with van der Waals surface area (Å²) in [7, 11) is 0. The Kier molecular flexibility index (Phi) is 7.63. The molecule has 0 fully saturated rings. The van der Waals surface area contributed by atoms with Gasteiger partial charge in [0.25, 0.3) is 0 Å². The van der Waals surface area contributed by atoms with Crippen molar-refractivity contribution in [3.63, 3.8) is 0 Å². The van der Waals surface area contributed by atoms with E-state index in [4.69, 9.17) is 0 Å². The maximum atomic E-state index is 11.5. The lowest BCUT2D eigenvalue weighted by Crippen LogP contribution is -2.49. The van der Waals surface area contributed by atoms with Gasteiger partial charge in [0.1, 0.15) is 0 Å². The topological polar surface area (TPSA) is 61.4 Å². The van der Waals surface area contributed by atoms with Crippen molar-refractivity contribution in [1.29, 1.82) is 0 Å². The molecule has 0 aliphatic carbocycles. The third-order valence-electron chi connectivity index (χ3n) is 3.08. The smallest absolute Gasteiger partial charge is 0.315 e. The molecule has 4 nitrogen and oxygen atoms in total. The van der Waals surface area contributed by atoms with Crippen LogP contribution in [0.1, 0.15) is 34.1 Å². The molecule has 0 radical (unpaired) electrons. The lowest BCUT2D eigenvalue weighted by molar-refractivity contribution is 0.00786. The fourth-order valence-electron chi connectivity index (χ4n) is 1.44. The van der Waals surface area contributed by atoms with E-state index in [1.54, 1.807) is 18.7 Å². The first-order valence-electron chi connectivity index (χ1n) is 6.09. The van der Waals surface area contributed by atoms with Gasteiger partial charge in [0.15, 0.2) is 0 Å². The molecule has 3 unspecified atom stereocenters. The summed E-state index contributed by atoms with van der Waals surface area (Å²) in [5.41, 5.74) is -0.852. The van der Waals surface area contributed by atoms with Gasteiger partial charge in [-0.25, -0.2) is 4.79 Å². The number of carbonyl (C=O) groups excluding carboxylic acids is 1. The number of carbonyl (C=O) groups is 1. The van der Waals surface area contributed by atoms with Gasteiger partial charge in [0, 0.05) is 18.3 Å². The average Bonchev–Trinajstić information content (AvgIpc) is 2.25. The van der Waals surface area contributed by atoms with Crippen molar-refractivity contribution in [1.82, 2.24) is 10.6 Å². The molecule has 0 aliphatic heterocycles. The molecule has 0 aromatic heterocycles. The van der Waals surface area contributed by atoms with Gasteiger partial charge in [-0.05, 0) is 26.0 Å². The van der Waals surface area contributed by atoms with E-state index in [2.05, 4.69) is 10.6 Å². The Labute approximate surface area is 109 Å². The molecule has 0 aromatic carbocycles. The molecule has 3 N–H and O–H groups in total. The monoisotopic (exact) mass is 262 g/mol. The molecular formula is C12H26N2O2S. The molecule has 17 heavy (non-hydrogen) atoms. The molecule has 0 heterocycles. The minimum Gasteiger partial charge on any atom is -0.388 e. The number of thioether (sulfide) groups is 1. The second-order valence-corrected chi connectivity index (χ2v) is 5.76. The van der Waals surface area contributed by atoms with Crippen LogP contribution in [0, 0.1) is 5.92 Å². The van der Waals surface area contributed by atoms with Crippen LogP contribution in [0.5, 0.6) is 0 Å². The minimum absolute atomic E-state index is 0.138. The maximum Gasteiger partial charge on any atom is 0.315 e. The van der Waals surface area contributed by atoms with Crippen molar-refractivity contribution in [2.45, 2.75) is 45.8 Å².